The first-order chi connectivity index (χ1) is 11.0. The number of nitrogens with zero attached hydrogens (tertiary/aromatic N) is 3. The number of allylic oxidation sites excluding steroid dienone is 3. The molecule has 0 bridgehead atoms. The Balaban J connectivity index is 2.00. The quantitative estimate of drug-likeness (QED) is 0.826. The highest BCUT2D eigenvalue weighted by atomic mass is 32.1. The van der Waals surface area contributed by atoms with Crippen LogP contribution in [0.1, 0.15) is 53.0 Å². The monoisotopic (exact) mass is 349 g/mol. The summed E-state index contributed by atoms with van der Waals surface area (Å²) in [6.45, 7) is 12.6. The number of ether oxygens (including phenoxy) is 1. The molecular formula is C18H27N3O2S. The Morgan fingerprint density at radius 1 is 1.38 bits per heavy atom. The van der Waals surface area contributed by atoms with E-state index in [-0.39, 0.29) is 23.3 Å². The summed E-state index contributed by atoms with van der Waals surface area (Å²) < 4.78 is 5.54. The van der Waals surface area contributed by atoms with E-state index in [0.29, 0.717) is 5.19 Å². The van der Waals surface area contributed by atoms with Crippen molar-refractivity contribution < 1.29 is 9.53 Å². The largest absolute Gasteiger partial charge is 0.459 e. The van der Waals surface area contributed by atoms with Gasteiger partial charge in [-0.05, 0) is 24.8 Å². The fourth-order valence-electron chi connectivity index (χ4n) is 2.64. The predicted octanol–water partition coefficient (Wildman–Crippen LogP) is 3.93. The molecule has 0 fully saturated rings. The topological polar surface area (TPSA) is 55.3 Å². The van der Waals surface area contributed by atoms with E-state index < -0.39 is 0 Å². The lowest BCUT2D eigenvalue weighted by Crippen LogP contribution is -2.32. The average molecular weight is 350 g/mol. The van der Waals surface area contributed by atoms with Crippen LogP contribution in [0, 0.1) is 5.41 Å². The Hall–Kier alpha value is -1.69. The van der Waals surface area contributed by atoms with Crippen LogP contribution in [-0.4, -0.2) is 34.7 Å². The molecule has 6 heteroatoms. The number of carbonyl (C=O) groups excluding carboxylic acids is 1. The number of carbonyl (C=O) groups is 1. The molecule has 0 N–H and O–H groups in total. The van der Waals surface area contributed by atoms with Gasteiger partial charge in [0.2, 0.25) is 0 Å². The van der Waals surface area contributed by atoms with Gasteiger partial charge in [-0.1, -0.05) is 57.6 Å². The van der Waals surface area contributed by atoms with Crippen LogP contribution in [0.15, 0.2) is 23.4 Å². The summed E-state index contributed by atoms with van der Waals surface area (Å²) in [6, 6.07) is 0. The first-order valence-corrected chi connectivity index (χ1v) is 8.93. The van der Waals surface area contributed by atoms with E-state index in [9.17, 15) is 4.79 Å². The molecule has 1 amide bonds. The molecule has 0 aromatic carbocycles. The van der Waals surface area contributed by atoms with Gasteiger partial charge in [-0.2, -0.15) is 0 Å². The molecule has 0 saturated carbocycles. The molecule has 1 aromatic heterocycles. The number of aromatic nitrogens is 2. The van der Waals surface area contributed by atoms with E-state index in [0.717, 1.165) is 17.1 Å². The van der Waals surface area contributed by atoms with E-state index in [4.69, 9.17) is 4.74 Å². The molecule has 1 aromatic rings. The van der Waals surface area contributed by atoms with Gasteiger partial charge in [-0.25, -0.2) is 0 Å². The highest BCUT2D eigenvalue weighted by Gasteiger charge is 2.24. The first kappa shape index (κ1) is 18.6. The van der Waals surface area contributed by atoms with Gasteiger partial charge in [0.1, 0.15) is 5.01 Å². The van der Waals surface area contributed by atoms with Crippen LogP contribution < -0.4 is 4.74 Å². The average Bonchev–Trinajstić information content (AvgIpc) is 2.90. The summed E-state index contributed by atoms with van der Waals surface area (Å²) in [6.07, 6.45) is 5.21. The predicted molar refractivity (Wildman–Crippen MR) is 97.1 cm³/mol. The van der Waals surface area contributed by atoms with Crippen molar-refractivity contribution in [3.63, 3.8) is 0 Å². The van der Waals surface area contributed by atoms with E-state index in [2.05, 4.69) is 63.9 Å². The number of rotatable bonds is 4. The van der Waals surface area contributed by atoms with Crippen LogP contribution in [0.3, 0.4) is 0 Å². The minimum absolute atomic E-state index is 0.0417. The fraction of sp³-hybridized carbons (Fsp3) is 0.611. The SMILES string of the molecule is CC1=CC(N(C)C(=O)COc2nnc(C(C)(C)C)s2)=CC(C)(C)C1. The number of likely N-dealkylation sites (N-methyl/N-ethyl adjacent to an activating group) is 1. The van der Waals surface area contributed by atoms with Gasteiger partial charge in [0.15, 0.2) is 6.61 Å². The van der Waals surface area contributed by atoms with Gasteiger partial charge in [-0.3, -0.25) is 4.79 Å². The zero-order valence-electron chi connectivity index (χ0n) is 15.6. The first-order valence-electron chi connectivity index (χ1n) is 8.11. The van der Waals surface area contributed by atoms with Gasteiger partial charge in [0, 0.05) is 18.2 Å². The van der Waals surface area contributed by atoms with Gasteiger partial charge in [0.05, 0.1) is 0 Å². The number of amides is 1. The standard InChI is InChI=1S/C18H27N3O2S/c1-12-8-13(10-18(5,6)9-12)21(7)14(22)11-23-16-20-19-15(24-16)17(2,3)4/h8,10H,9,11H2,1-7H3. The maximum atomic E-state index is 12.4. The van der Waals surface area contributed by atoms with Crippen molar-refractivity contribution >= 4 is 17.2 Å². The lowest BCUT2D eigenvalue weighted by atomic mass is 9.81. The second-order valence-corrected chi connectivity index (χ2v) is 9.03. The minimum Gasteiger partial charge on any atom is -0.459 e. The third kappa shape index (κ3) is 4.66. The fourth-order valence-corrected chi connectivity index (χ4v) is 3.40. The Kier molecular flexibility index (Phi) is 5.18. The second kappa shape index (κ2) is 6.67. The number of hydrogen-bond acceptors (Lipinski definition) is 5. The Morgan fingerprint density at radius 2 is 2.04 bits per heavy atom. The third-order valence-electron chi connectivity index (χ3n) is 3.80. The Bertz CT molecular complexity index is 681. The molecule has 5 nitrogen and oxygen atoms in total. The van der Waals surface area contributed by atoms with Gasteiger partial charge in [0.25, 0.3) is 11.1 Å². The Labute approximate surface area is 148 Å². The molecule has 2 rings (SSSR count). The summed E-state index contributed by atoms with van der Waals surface area (Å²) in [5.41, 5.74) is 2.19. The molecule has 0 atom stereocenters. The minimum atomic E-state index is -0.101. The molecular weight excluding hydrogens is 322 g/mol. The van der Waals surface area contributed by atoms with Crippen molar-refractivity contribution in [1.82, 2.24) is 15.1 Å². The third-order valence-corrected chi connectivity index (χ3v) is 5.06. The molecule has 0 aliphatic heterocycles. The normalized spacial score (nSPS) is 17.1. The van der Waals surface area contributed by atoms with Crippen molar-refractivity contribution in [2.45, 2.75) is 53.4 Å². The summed E-state index contributed by atoms with van der Waals surface area (Å²) in [7, 11) is 1.78. The lowest BCUT2D eigenvalue weighted by molar-refractivity contribution is -0.130. The molecule has 1 heterocycles. The van der Waals surface area contributed by atoms with Crippen molar-refractivity contribution in [3.05, 3.63) is 28.4 Å². The van der Waals surface area contributed by atoms with Crippen LogP contribution in [0.2, 0.25) is 0 Å². The van der Waals surface area contributed by atoms with E-state index in [1.807, 2.05) is 0 Å². The van der Waals surface area contributed by atoms with Crippen LogP contribution in [0.25, 0.3) is 0 Å². The maximum Gasteiger partial charge on any atom is 0.294 e. The summed E-state index contributed by atoms with van der Waals surface area (Å²) in [5, 5.41) is 9.47. The smallest absolute Gasteiger partial charge is 0.294 e. The lowest BCUT2D eigenvalue weighted by Gasteiger charge is -2.30. The van der Waals surface area contributed by atoms with Crippen molar-refractivity contribution in [1.29, 1.82) is 0 Å². The molecule has 0 unspecified atom stereocenters. The summed E-state index contributed by atoms with van der Waals surface area (Å²) >= 11 is 1.39. The number of hydrogen-bond donors (Lipinski definition) is 0. The molecule has 132 valence electrons. The van der Waals surface area contributed by atoms with Crippen LogP contribution in [0.4, 0.5) is 0 Å². The highest BCUT2D eigenvalue weighted by molar-refractivity contribution is 7.13. The van der Waals surface area contributed by atoms with E-state index in [1.54, 1.807) is 11.9 Å². The van der Waals surface area contributed by atoms with Crippen LogP contribution in [0.5, 0.6) is 5.19 Å². The van der Waals surface area contributed by atoms with E-state index >= 15 is 0 Å². The molecule has 1 aliphatic rings. The zero-order chi connectivity index (χ0) is 18.1. The second-order valence-electron chi connectivity index (χ2n) is 8.09. The Morgan fingerprint density at radius 3 is 2.58 bits per heavy atom. The molecule has 0 saturated heterocycles. The molecule has 0 spiro atoms. The summed E-state index contributed by atoms with van der Waals surface area (Å²) in [5.74, 6) is -0.101. The highest BCUT2D eigenvalue weighted by Crippen LogP contribution is 2.34. The van der Waals surface area contributed by atoms with Gasteiger partial charge >= 0.3 is 0 Å². The van der Waals surface area contributed by atoms with Gasteiger partial charge < -0.3 is 9.64 Å². The van der Waals surface area contributed by atoms with Crippen LogP contribution in [-0.2, 0) is 10.2 Å². The van der Waals surface area contributed by atoms with Crippen molar-refractivity contribution in [2.75, 3.05) is 13.7 Å². The molecule has 1 aliphatic carbocycles. The van der Waals surface area contributed by atoms with Crippen molar-refractivity contribution in [2.24, 2.45) is 5.41 Å². The van der Waals surface area contributed by atoms with Crippen molar-refractivity contribution in [3.8, 4) is 5.19 Å². The molecule has 24 heavy (non-hydrogen) atoms. The van der Waals surface area contributed by atoms with Crippen LogP contribution >= 0.6 is 11.3 Å². The van der Waals surface area contributed by atoms with Gasteiger partial charge in [-0.15, -0.1) is 10.2 Å². The maximum absolute atomic E-state index is 12.4. The summed E-state index contributed by atoms with van der Waals surface area (Å²) in [4.78, 5) is 14.1. The zero-order valence-corrected chi connectivity index (χ0v) is 16.5. The van der Waals surface area contributed by atoms with E-state index in [1.165, 1.54) is 16.9 Å². The molecule has 0 radical (unpaired) electrons.